The predicted molar refractivity (Wildman–Crippen MR) is 70.4 cm³/mol. The molecule has 2 unspecified atom stereocenters. The number of halogens is 2. The van der Waals surface area contributed by atoms with Crippen molar-refractivity contribution in [3.05, 3.63) is 38.7 Å². The number of aliphatic carboxylic acids is 1. The number of benzene rings is 1. The average molecular weight is 331 g/mol. The number of nitro groups is 1. The maximum Gasteiger partial charge on any atom is 0.354 e. The first-order chi connectivity index (χ1) is 10.4. The molecule has 0 aliphatic carbocycles. The first-order valence-electron chi connectivity index (χ1n) is 6.11. The van der Waals surface area contributed by atoms with E-state index < -0.39 is 34.1 Å². The molecule has 116 valence electrons. The van der Waals surface area contributed by atoms with Crippen molar-refractivity contribution < 1.29 is 28.8 Å². The molecular formula is C12H8ClFN2O6. The summed E-state index contributed by atoms with van der Waals surface area (Å²) >= 11 is 5.90. The van der Waals surface area contributed by atoms with Gasteiger partial charge in [0.2, 0.25) is 5.82 Å². The van der Waals surface area contributed by atoms with Crippen molar-refractivity contribution in [2.24, 2.45) is 5.16 Å². The quantitative estimate of drug-likeness (QED) is 0.667. The average Bonchev–Trinajstić information content (AvgIpc) is 2.98. The minimum Gasteiger partial charge on any atom is -0.478 e. The van der Waals surface area contributed by atoms with Crippen LogP contribution in [0.1, 0.15) is 12.0 Å². The van der Waals surface area contributed by atoms with Gasteiger partial charge in [0, 0.05) is 24.1 Å². The smallest absolute Gasteiger partial charge is 0.354 e. The first kappa shape index (κ1) is 14.7. The largest absolute Gasteiger partial charge is 0.478 e. The molecule has 0 amide bonds. The number of rotatable bonds is 3. The fourth-order valence-electron chi connectivity index (χ4n) is 2.49. The number of hydrogen-bond donors (Lipinski definition) is 1. The molecule has 1 fully saturated rings. The Morgan fingerprint density at radius 1 is 1.59 bits per heavy atom. The first-order valence-corrected chi connectivity index (χ1v) is 6.49. The number of nitro benzene ring substituents is 1. The van der Waals surface area contributed by atoms with Gasteiger partial charge in [0.05, 0.1) is 16.6 Å². The molecule has 1 aromatic rings. The summed E-state index contributed by atoms with van der Waals surface area (Å²) in [6.07, 6.45) is -0.992. The van der Waals surface area contributed by atoms with E-state index in [0.29, 0.717) is 0 Å². The second-order valence-electron chi connectivity index (χ2n) is 4.80. The summed E-state index contributed by atoms with van der Waals surface area (Å²) in [5.41, 5.74) is -2.48. The van der Waals surface area contributed by atoms with Crippen LogP contribution < -0.4 is 0 Å². The molecule has 0 radical (unpaired) electrons. The zero-order valence-electron chi connectivity index (χ0n) is 10.8. The van der Waals surface area contributed by atoms with Crippen LogP contribution in [0.5, 0.6) is 0 Å². The van der Waals surface area contributed by atoms with Crippen LogP contribution in [-0.2, 0) is 14.4 Å². The Morgan fingerprint density at radius 2 is 2.32 bits per heavy atom. The lowest BCUT2D eigenvalue weighted by Gasteiger charge is -2.20. The highest BCUT2D eigenvalue weighted by Crippen LogP contribution is 2.40. The van der Waals surface area contributed by atoms with Gasteiger partial charge < -0.3 is 14.7 Å². The summed E-state index contributed by atoms with van der Waals surface area (Å²) in [6, 6.07) is 1.66. The molecule has 0 aromatic heterocycles. The third-order valence-electron chi connectivity index (χ3n) is 3.61. The normalized spacial score (nSPS) is 26.3. The minimum atomic E-state index is -1.68. The molecule has 8 nitrogen and oxygen atoms in total. The van der Waals surface area contributed by atoms with Gasteiger partial charge in [-0.1, -0.05) is 16.8 Å². The Kier molecular flexibility index (Phi) is 3.26. The van der Waals surface area contributed by atoms with Gasteiger partial charge in [-0.15, -0.1) is 0 Å². The van der Waals surface area contributed by atoms with Crippen LogP contribution >= 0.6 is 11.6 Å². The number of fused-ring (bicyclic) bond motifs is 1. The third kappa shape index (κ3) is 1.93. The van der Waals surface area contributed by atoms with Crippen molar-refractivity contribution in [2.75, 3.05) is 6.61 Å². The summed E-state index contributed by atoms with van der Waals surface area (Å²) in [6.45, 7) is 0.122. The topological polar surface area (TPSA) is 111 Å². The number of nitrogens with zero attached hydrogens (tertiary/aromatic N) is 2. The Bertz CT molecular complexity index is 724. The van der Waals surface area contributed by atoms with Gasteiger partial charge in [0.1, 0.15) is 5.71 Å². The van der Waals surface area contributed by atoms with Crippen molar-refractivity contribution >= 4 is 29.0 Å². The van der Waals surface area contributed by atoms with E-state index in [1.54, 1.807) is 0 Å². The summed E-state index contributed by atoms with van der Waals surface area (Å²) in [5.74, 6) is -2.36. The van der Waals surface area contributed by atoms with Gasteiger partial charge in [-0.25, -0.2) is 4.79 Å². The lowest BCUT2D eigenvalue weighted by molar-refractivity contribution is -0.387. The maximum atomic E-state index is 13.5. The fraction of sp³-hybridized carbons (Fsp3) is 0.333. The number of hydrogen-bond acceptors (Lipinski definition) is 6. The molecule has 10 heteroatoms. The van der Waals surface area contributed by atoms with E-state index in [2.05, 4.69) is 5.16 Å². The number of carboxylic acid groups (broad SMARTS) is 1. The van der Waals surface area contributed by atoms with Gasteiger partial charge in [0.15, 0.2) is 6.10 Å². The molecule has 0 saturated carbocycles. The highest BCUT2D eigenvalue weighted by atomic mass is 35.5. The Labute approximate surface area is 127 Å². The number of carbonyl (C=O) groups is 1. The summed E-state index contributed by atoms with van der Waals surface area (Å²) in [5, 5.41) is 23.6. The molecule has 2 aliphatic rings. The van der Waals surface area contributed by atoms with Gasteiger partial charge in [-0.2, -0.15) is 4.39 Å². The maximum absolute atomic E-state index is 13.5. The second kappa shape index (κ2) is 4.89. The molecule has 1 saturated heterocycles. The van der Waals surface area contributed by atoms with Gasteiger partial charge in [-0.05, 0) is 0 Å². The van der Waals surface area contributed by atoms with Crippen molar-refractivity contribution in [1.82, 2.24) is 0 Å². The van der Waals surface area contributed by atoms with E-state index in [0.717, 1.165) is 12.1 Å². The van der Waals surface area contributed by atoms with Crippen molar-refractivity contribution in [1.29, 1.82) is 0 Å². The molecule has 2 atom stereocenters. The molecule has 2 aliphatic heterocycles. The van der Waals surface area contributed by atoms with E-state index in [1.807, 2.05) is 0 Å². The predicted octanol–water partition coefficient (Wildman–Crippen LogP) is 1.73. The molecule has 2 heterocycles. The van der Waals surface area contributed by atoms with Crippen LogP contribution in [0.2, 0.25) is 5.02 Å². The lowest BCUT2D eigenvalue weighted by atomic mass is 9.90. The van der Waals surface area contributed by atoms with Crippen LogP contribution in [0.25, 0.3) is 0 Å². The van der Waals surface area contributed by atoms with Crippen molar-refractivity contribution in [3.63, 3.8) is 0 Å². The Morgan fingerprint density at radius 3 is 2.95 bits per heavy atom. The van der Waals surface area contributed by atoms with Crippen LogP contribution in [0.4, 0.5) is 10.1 Å². The zero-order valence-corrected chi connectivity index (χ0v) is 11.5. The number of oxime groups is 1. The van der Waals surface area contributed by atoms with E-state index in [9.17, 15) is 24.4 Å². The third-order valence-corrected chi connectivity index (χ3v) is 3.92. The Balaban J connectivity index is 2.08. The molecule has 1 aromatic carbocycles. The molecule has 22 heavy (non-hydrogen) atoms. The molecular weight excluding hydrogens is 323 g/mol. The molecule has 0 spiro atoms. The van der Waals surface area contributed by atoms with Crippen LogP contribution in [0, 0.1) is 15.9 Å². The molecule has 3 rings (SSSR count). The van der Waals surface area contributed by atoms with Gasteiger partial charge >= 0.3 is 11.7 Å². The SMILES string of the molecule is O=C(O)C12CCOC1C(c1cc([N+](=O)[O-])c(F)cc1Cl)=NO2. The summed E-state index contributed by atoms with van der Waals surface area (Å²) in [4.78, 5) is 26.4. The highest BCUT2D eigenvalue weighted by Gasteiger charge is 2.60. The minimum absolute atomic E-state index is 0.00444. The molecule has 0 bridgehead atoms. The Hall–Kier alpha value is -2.26. The van der Waals surface area contributed by atoms with Crippen molar-refractivity contribution in [2.45, 2.75) is 18.1 Å². The summed E-state index contributed by atoms with van der Waals surface area (Å²) < 4.78 is 18.9. The highest BCUT2D eigenvalue weighted by molar-refractivity contribution is 6.35. The van der Waals surface area contributed by atoms with Crippen molar-refractivity contribution in [3.8, 4) is 0 Å². The lowest BCUT2D eigenvalue weighted by Crippen LogP contribution is -2.47. The van der Waals surface area contributed by atoms with E-state index >= 15 is 0 Å². The van der Waals surface area contributed by atoms with Crippen LogP contribution in [0.3, 0.4) is 0 Å². The zero-order chi connectivity index (χ0) is 16.1. The summed E-state index contributed by atoms with van der Waals surface area (Å²) in [7, 11) is 0. The number of carboxylic acids is 1. The van der Waals surface area contributed by atoms with Crippen LogP contribution in [-0.4, -0.2) is 40.0 Å². The van der Waals surface area contributed by atoms with Crippen LogP contribution in [0.15, 0.2) is 17.3 Å². The van der Waals surface area contributed by atoms with E-state index in [-0.39, 0.29) is 29.3 Å². The fourth-order valence-corrected chi connectivity index (χ4v) is 2.74. The standard InChI is InChI=1S/C12H8ClFN2O6/c13-6-4-7(14)8(16(19)20)3-5(6)9-10-12(11(17)18,22-15-9)1-2-21-10/h3-4,10H,1-2H2,(H,17,18). The van der Waals surface area contributed by atoms with Gasteiger partial charge in [-0.3, -0.25) is 10.1 Å². The molecule has 1 N–H and O–H groups in total. The van der Waals surface area contributed by atoms with E-state index in [1.165, 1.54) is 0 Å². The second-order valence-corrected chi connectivity index (χ2v) is 5.21. The number of ether oxygens (including phenoxy) is 1. The van der Waals surface area contributed by atoms with E-state index in [4.69, 9.17) is 21.2 Å². The van der Waals surface area contributed by atoms with Gasteiger partial charge in [0.25, 0.3) is 5.60 Å². The monoisotopic (exact) mass is 330 g/mol.